The normalized spacial score (nSPS) is 33.0. The lowest BCUT2D eigenvalue weighted by atomic mass is 9.77. The number of aliphatic hydroxyl groups excluding tert-OH is 1. The van der Waals surface area contributed by atoms with Crippen LogP contribution in [0.3, 0.4) is 0 Å². The number of carbonyl (C=O) groups is 4. The number of amides is 3. The summed E-state index contributed by atoms with van der Waals surface area (Å²) in [6.45, 7) is 4.44. The van der Waals surface area contributed by atoms with Crippen LogP contribution < -0.4 is 5.32 Å². The van der Waals surface area contributed by atoms with Crippen LogP contribution in [0.15, 0.2) is 54.6 Å². The molecule has 5 rings (SSSR count). The maximum absolute atomic E-state index is 14.3. The molecular formula is C32H41N3O7. The van der Waals surface area contributed by atoms with Crippen molar-refractivity contribution < 1.29 is 33.8 Å². The van der Waals surface area contributed by atoms with Crippen molar-refractivity contribution in [1.29, 1.82) is 0 Å². The van der Waals surface area contributed by atoms with Gasteiger partial charge < -0.3 is 29.7 Å². The van der Waals surface area contributed by atoms with Crippen molar-refractivity contribution in [1.82, 2.24) is 15.1 Å². The van der Waals surface area contributed by atoms with E-state index in [1.54, 1.807) is 17.1 Å². The van der Waals surface area contributed by atoms with Gasteiger partial charge in [-0.2, -0.15) is 0 Å². The maximum atomic E-state index is 14.3. The number of fused-ring (bicyclic) bond motifs is 2. The number of hydrogen-bond donors (Lipinski definition) is 2. The summed E-state index contributed by atoms with van der Waals surface area (Å²) >= 11 is 0. The van der Waals surface area contributed by atoms with Crippen LogP contribution in [0, 0.1) is 11.8 Å². The SMILES string of the molecule is CCCC(C)N1CC=C[C@]23O[C@@H]4/C=C\CCC(=O)OC[C@@H](c5ccccc5)NC(=O)[C@@H]4[C@H]2C(=O)N(CCCO)[C@@H]3C1=O. The number of likely N-dealkylation sites (tertiary alicyclic amines) is 1. The van der Waals surface area contributed by atoms with Crippen LogP contribution in [-0.2, 0) is 28.7 Å². The number of nitrogens with one attached hydrogen (secondary N) is 1. The number of carbonyl (C=O) groups excluding carboxylic acids is 4. The van der Waals surface area contributed by atoms with E-state index in [0.717, 1.165) is 18.4 Å². The second-order valence-electron chi connectivity index (χ2n) is 11.6. The Morgan fingerprint density at radius 3 is 2.64 bits per heavy atom. The topological polar surface area (TPSA) is 125 Å². The van der Waals surface area contributed by atoms with E-state index in [0.29, 0.717) is 19.4 Å². The molecule has 42 heavy (non-hydrogen) atoms. The number of nitrogens with zero attached hydrogens (tertiary/aromatic N) is 2. The Bertz CT molecular complexity index is 1230. The average molecular weight is 580 g/mol. The van der Waals surface area contributed by atoms with Crippen molar-refractivity contribution in [3.8, 4) is 0 Å². The number of hydrogen-bond acceptors (Lipinski definition) is 7. The summed E-state index contributed by atoms with van der Waals surface area (Å²) in [6.07, 6.45) is 9.01. The highest BCUT2D eigenvalue weighted by Gasteiger charge is 2.71. The molecule has 2 N–H and O–H groups in total. The highest BCUT2D eigenvalue weighted by atomic mass is 16.5. The lowest BCUT2D eigenvalue weighted by Gasteiger charge is -2.37. The third kappa shape index (κ3) is 5.49. The smallest absolute Gasteiger partial charge is 0.306 e. The summed E-state index contributed by atoms with van der Waals surface area (Å²) in [6, 6.07) is 7.61. The molecule has 4 aliphatic rings. The van der Waals surface area contributed by atoms with E-state index in [2.05, 4.69) is 12.2 Å². The number of aliphatic hydroxyl groups is 1. The monoisotopic (exact) mass is 579 g/mol. The zero-order valence-electron chi connectivity index (χ0n) is 24.3. The number of allylic oxidation sites excluding steroid dienone is 1. The molecule has 226 valence electrons. The fourth-order valence-electron chi connectivity index (χ4n) is 6.91. The third-order valence-corrected chi connectivity index (χ3v) is 8.89. The van der Waals surface area contributed by atoms with Crippen LogP contribution in [-0.4, -0.2) is 88.7 Å². The van der Waals surface area contributed by atoms with Crippen LogP contribution in [0.25, 0.3) is 0 Å². The van der Waals surface area contributed by atoms with E-state index in [9.17, 15) is 24.3 Å². The second kappa shape index (κ2) is 12.8. The van der Waals surface area contributed by atoms with Crippen molar-refractivity contribution in [2.24, 2.45) is 11.8 Å². The van der Waals surface area contributed by atoms with Gasteiger partial charge in [0, 0.05) is 32.2 Å². The first-order valence-corrected chi connectivity index (χ1v) is 15.1. The van der Waals surface area contributed by atoms with Gasteiger partial charge in [-0.25, -0.2) is 0 Å². The van der Waals surface area contributed by atoms with Gasteiger partial charge in [0.15, 0.2) is 0 Å². The van der Waals surface area contributed by atoms with Crippen LogP contribution in [0.5, 0.6) is 0 Å². The molecule has 0 aliphatic carbocycles. The molecule has 1 aromatic rings. The van der Waals surface area contributed by atoms with Crippen molar-refractivity contribution in [3.05, 3.63) is 60.2 Å². The molecular weight excluding hydrogens is 538 g/mol. The van der Waals surface area contributed by atoms with Gasteiger partial charge in [-0.3, -0.25) is 19.2 Å². The third-order valence-electron chi connectivity index (χ3n) is 8.89. The van der Waals surface area contributed by atoms with Crippen LogP contribution in [0.2, 0.25) is 0 Å². The van der Waals surface area contributed by atoms with E-state index in [1.165, 1.54) is 4.90 Å². The molecule has 2 fully saturated rings. The van der Waals surface area contributed by atoms with Crippen LogP contribution >= 0.6 is 0 Å². The van der Waals surface area contributed by atoms with Crippen LogP contribution in [0.4, 0.5) is 0 Å². The van der Waals surface area contributed by atoms with Crippen molar-refractivity contribution >= 4 is 23.7 Å². The summed E-state index contributed by atoms with van der Waals surface area (Å²) < 4.78 is 12.2. The Morgan fingerprint density at radius 1 is 1.12 bits per heavy atom. The highest BCUT2D eigenvalue weighted by Crippen LogP contribution is 2.53. The Hall–Kier alpha value is -3.50. The van der Waals surface area contributed by atoms with E-state index < -0.39 is 41.5 Å². The Morgan fingerprint density at radius 2 is 1.90 bits per heavy atom. The fourth-order valence-corrected chi connectivity index (χ4v) is 6.91. The maximum Gasteiger partial charge on any atom is 0.306 e. The quantitative estimate of drug-likeness (QED) is 0.375. The standard InChI is InChI=1S/C32H41N3O7/c1-3-11-21(2)34-17-9-16-32-27(30(39)35(18-10-19-36)28(32)31(34)40)26-24(42-32)14-7-8-15-25(37)41-20-23(33-29(26)38)22-12-5-4-6-13-22/h4-7,9,12-14,16,21,23-24,26-28,36H,3,8,10-11,15,17-20H2,1-2H3,(H,33,38)/b14-7-/t21?,23-,24+,26-,27-,28+,32-/m0/s1. The number of esters is 1. The van der Waals surface area contributed by atoms with Crippen molar-refractivity contribution in [3.63, 3.8) is 0 Å². The van der Waals surface area contributed by atoms with Gasteiger partial charge in [-0.15, -0.1) is 0 Å². The van der Waals surface area contributed by atoms with Gasteiger partial charge in [0.2, 0.25) is 17.7 Å². The molecule has 7 atom stereocenters. The molecule has 4 aliphatic heterocycles. The molecule has 4 heterocycles. The average Bonchev–Trinajstić information content (AvgIpc) is 3.36. The predicted octanol–water partition coefficient (Wildman–Crippen LogP) is 2.29. The van der Waals surface area contributed by atoms with E-state index >= 15 is 0 Å². The second-order valence-corrected chi connectivity index (χ2v) is 11.6. The molecule has 1 aromatic carbocycles. The van der Waals surface area contributed by atoms with E-state index in [4.69, 9.17) is 9.47 Å². The minimum Gasteiger partial charge on any atom is -0.463 e. The Labute approximate surface area is 246 Å². The molecule has 0 bridgehead atoms. The van der Waals surface area contributed by atoms with Crippen LogP contribution in [0.1, 0.15) is 57.6 Å². The molecule has 0 aromatic heterocycles. The Balaban J connectivity index is 1.57. The lowest BCUT2D eigenvalue weighted by Crippen LogP contribution is -2.56. The van der Waals surface area contributed by atoms with Gasteiger partial charge in [0.05, 0.1) is 24.0 Å². The number of ether oxygens (including phenoxy) is 2. The van der Waals surface area contributed by atoms with Gasteiger partial charge in [0.1, 0.15) is 18.2 Å². The fraction of sp³-hybridized carbons (Fsp3) is 0.562. The minimum absolute atomic E-state index is 0.0434. The lowest BCUT2D eigenvalue weighted by molar-refractivity contribution is -0.149. The summed E-state index contributed by atoms with van der Waals surface area (Å²) in [5.41, 5.74) is -0.586. The zero-order valence-corrected chi connectivity index (χ0v) is 24.3. The van der Waals surface area contributed by atoms with Gasteiger partial charge in [-0.05, 0) is 31.7 Å². The molecule has 10 heteroatoms. The van der Waals surface area contributed by atoms with Gasteiger partial charge in [-0.1, -0.05) is 68.0 Å². The molecule has 2 saturated heterocycles. The largest absolute Gasteiger partial charge is 0.463 e. The summed E-state index contributed by atoms with van der Waals surface area (Å²) in [5, 5.41) is 12.7. The summed E-state index contributed by atoms with van der Waals surface area (Å²) in [5.74, 6) is -3.19. The first-order valence-electron chi connectivity index (χ1n) is 15.1. The van der Waals surface area contributed by atoms with Crippen molar-refractivity contribution in [2.75, 3.05) is 26.3 Å². The summed E-state index contributed by atoms with van der Waals surface area (Å²) in [4.78, 5) is 58.4. The molecule has 3 amide bonds. The first-order chi connectivity index (χ1) is 20.3. The highest BCUT2D eigenvalue weighted by molar-refractivity contribution is 5.99. The molecule has 1 spiro atoms. The molecule has 0 radical (unpaired) electrons. The zero-order chi connectivity index (χ0) is 29.9. The number of rotatable bonds is 7. The predicted molar refractivity (Wildman–Crippen MR) is 154 cm³/mol. The van der Waals surface area contributed by atoms with E-state index in [-0.39, 0.29) is 50.0 Å². The first kappa shape index (κ1) is 30.0. The van der Waals surface area contributed by atoms with Gasteiger partial charge in [0.25, 0.3) is 0 Å². The molecule has 10 nitrogen and oxygen atoms in total. The van der Waals surface area contributed by atoms with Gasteiger partial charge >= 0.3 is 5.97 Å². The summed E-state index contributed by atoms with van der Waals surface area (Å²) in [7, 11) is 0. The number of benzene rings is 1. The molecule has 0 saturated carbocycles. The number of cyclic esters (lactones) is 1. The Kier molecular flexibility index (Phi) is 9.13. The van der Waals surface area contributed by atoms with Crippen molar-refractivity contribution in [2.45, 2.75) is 75.8 Å². The van der Waals surface area contributed by atoms with E-state index in [1.807, 2.05) is 49.4 Å². The molecule has 1 unspecified atom stereocenters. The minimum atomic E-state index is -1.35.